The molecule has 1 heterocycles. The summed E-state index contributed by atoms with van der Waals surface area (Å²) in [6, 6.07) is 10.6. The predicted molar refractivity (Wildman–Crippen MR) is 143 cm³/mol. The smallest absolute Gasteiger partial charge is 0.160 e. The van der Waals surface area contributed by atoms with Crippen LogP contribution in [0.5, 0.6) is 5.75 Å². The van der Waals surface area contributed by atoms with Gasteiger partial charge in [0.15, 0.2) is 6.29 Å². The third-order valence-electron chi connectivity index (χ3n) is 6.44. The molecule has 0 saturated carbocycles. The van der Waals surface area contributed by atoms with Gasteiger partial charge in [-0.05, 0) is 73.8 Å². The Kier molecular flexibility index (Phi) is 10.9. The Balaban J connectivity index is 1.79. The van der Waals surface area contributed by atoms with Crippen LogP contribution in [0.1, 0.15) is 66.1 Å². The van der Waals surface area contributed by atoms with Gasteiger partial charge < -0.3 is 14.7 Å². The second-order valence-electron chi connectivity index (χ2n) is 9.08. The number of unbranched alkanes of at least 4 members (excludes halogenated alkanes) is 2. The number of carbonyl (C=O) groups is 1. The average molecular weight is 482 g/mol. The van der Waals surface area contributed by atoms with Gasteiger partial charge >= 0.3 is 0 Å². The highest BCUT2D eigenvalue weighted by atomic mass is 32.1. The Morgan fingerprint density at radius 3 is 2.74 bits per heavy atom. The second kappa shape index (κ2) is 14.1. The van der Waals surface area contributed by atoms with E-state index in [2.05, 4.69) is 61.2 Å². The van der Waals surface area contributed by atoms with Gasteiger partial charge in [-0.25, -0.2) is 0 Å². The van der Waals surface area contributed by atoms with E-state index in [1.54, 1.807) is 11.3 Å². The first kappa shape index (κ1) is 26.2. The van der Waals surface area contributed by atoms with E-state index >= 15 is 0 Å². The van der Waals surface area contributed by atoms with Crippen LogP contribution in [0.4, 0.5) is 5.69 Å². The lowest BCUT2D eigenvalue weighted by molar-refractivity contribution is 0.112. The SMILES string of the molecule is CCCCN(CCCCO)c1ccc(CCc2ccc(C=O)s2)c(OCC2=CC=CCC2C)c1. The maximum Gasteiger partial charge on any atom is 0.160 e. The largest absolute Gasteiger partial charge is 0.489 e. The first-order chi connectivity index (χ1) is 16.6. The van der Waals surface area contributed by atoms with Gasteiger partial charge in [-0.1, -0.05) is 44.6 Å². The number of carbonyl (C=O) groups excluding carboxylic acids is 1. The van der Waals surface area contributed by atoms with Crippen molar-refractivity contribution in [2.45, 2.75) is 58.8 Å². The molecule has 1 aliphatic rings. The number of hydrogen-bond acceptors (Lipinski definition) is 5. The molecule has 1 N–H and O–H groups in total. The summed E-state index contributed by atoms with van der Waals surface area (Å²) in [7, 11) is 0. The molecule has 2 aromatic rings. The summed E-state index contributed by atoms with van der Waals surface area (Å²) >= 11 is 1.57. The van der Waals surface area contributed by atoms with Gasteiger partial charge in [0.05, 0.1) is 4.88 Å². The Morgan fingerprint density at radius 2 is 2.00 bits per heavy atom. The maximum absolute atomic E-state index is 11.0. The highest BCUT2D eigenvalue weighted by molar-refractivity contribution is 7.13. The number of aldehydes is 1. The van der Waals surface area contributed by atoms with Crippen molar-refractivity contribution in [1.82, 2.24) is 0 Å². The number of hydrogen-bond donors (Lipinski definition) is 1. The number of benzene rings is 1. The Hall–Kier alpha value is -2.37. The third kappa shape index (κ3) is 7.85. The second-order valence-corrected chi connectivity index (χ2v) is 10.3. The molecule has 1 aliphatic carbocycles. The lowest BCUT2D eigenvalue weighted by atomic mass is 9.94. The van der Waals surface area contributed by atoms with E-state index < -0.39 is 0 Å². The normalized spacial score (nSPS) is 15.3. The number of anilines is 1. The zero-order valence-electron chi connectivity index (χ0n) is 20.7. The van der Waals surface area contributed by atoms with Crippen LogP contribution in [-0.2, 0) is 12.8 Å². The molecule has 0 fully saturated rings. The van der Waals surface area contributed by atoms with Crippen LogP contribution in [0, 0.1) is 5.92 Å². The molecular weight excluding hydrogens is 442 g/mol. The van der Waals surface area contributed by atoms with E-state index in [1.165, 1.54) is 21.7 Å². The minimum Gasteiger partial charge on any atom is -0.489 e. The van der Waals surface area contributed by atoms with E-state index in [9.17, 15) is 9.90 Å². The molecule has 34 heavy (non-hydrogen) atoms. The summed E-state index contributed by atoms with van der Waals surface area (Å²) in [5.41, 5.74) is 3.73. The molecule has 3 rings (SSSR count). The molecule has 1 unspecified atom stereocenters. The molecule has 0 radical (unpaired) electrons. The van der Waals surface area contributed by atoms with Crippen LogP contribution in [0.25, 0.3) is 0 Å². The molecule has 0 bridgehead atoms. The number of nitrogens with zero attached hydrogens (tertiary/aromatic N) is 1. The van der Waals surface area contributed by atoms with Gasteiger partial charge in [0, 0.05) is 36.3 Å². The maximum atomic E-state index is 11.0. The van der Waals surface area contributed by atoms with Crippen LogP contribution in [0.15, 0.2) is 54.1 Å². The highest BCUT2D eigenvalue weighted by Crippen LogP contribution is 2.30. The number of thiophene rings is 1. The first-order valence-electron chi connectivity index (χ1n) is 12.7. The fourth-order valence-corrected chi connectivity index (χ4v) is 5.03. The summed E-state index contributed by atoms with van der Waals surface area (Å²) < 4.78 is 6.46. The number of aryl methyl sites for hydroxylation is 2. The third-order valence-corrected chi connectivity index (χ3v) is 7.51. The number of aliphatic hydroxyl groups excluding tert-OH is 1. The topological polar surface area (TPSA) is 49.8 Å². The summed E-state index contributed by atoms with van der Waals surface area (Å²) in [4.78, 5) is 15.5. The number of allylic oxidation sites excluding steroid dienone is 3. The standard InChI is InChI=1S/C29H39NO3S/c1-3-4-17-30(18-7-8-19-31)26-13-11-24(12-14-27-15-16-28(21-32)34-27)29(20-26)33-22-25-10-6-5-9-23(25)2/h5-6,10-11,13,15-16,20-21,23,31H,3-4,7-9,12,14,17-19,22H2,1-2H3. The lowest BCUT2D eigenvalue weighted by Gasteiger charge is -2.26. The molecule has 4 nitrogen and oxygen atoms in total. The van der Waals surface area contributed by atoms with Crippen molar-refractivity contribution in [3.8, 4) is 5.75 Å². The minimum absolute atomic E-state index is 0.241. The molecule has 1 aromatic carbocycles. The minimum atomic E-state index is 0.241. The monoisotopic (exact) mass is 481 g/mol. The van der Waals surface area contributed by atoms with Crippen molar-refractivity contribution in [2.75, 3.05) is 31.2 Å². The van der Waals surface area contributed by atoms with Crippen LogP contribution in [0.2, 0.25) is 0 Å². The zero-order valence-corrected chi connectivity index (χ0v) is 21.5. The van der Waals surface area contributed by atoms with Gasteiger partial charge in [0.25, 0.3) is 0 Å². The predicted octanol–water partition coefficient (Wildman–Crippen LogP) is 6.63. The summed E-state index contributed by atoms with van der Waals surface area (Å²) in [5, 5.41) is 9.22. The molecule has 1 atom stereocenters. The fraction of sp³-hybridized carbons (Fsp3) is 0.483. The zero-order chi connectivity index (χ0) is 24.2. The van der Waals surface area contributed by atoms with Gasteiger partial charge in [0.2, 0.25) is 0 Å². The number of aliphatic hydroxyl groups is 1. The highest BCUT2D eigenvalue weighted by Gasteiger charge is 2.15. The van der Waals surface area contributed by atoms with E-state index in [1.807, 2.05) is 6.07 Å². The molecule has 184 valence electrons. The average Bonchev–Trinajstić information content (AvgIpc) is 3.33. The van der Waals surface area contributed by atoms with Crippen LogP contribution in [0.3, 0.4) is 0 Å². The van der Waals surface area contributed by atoms with Crippen LogP contribution >= 0.6 is 11.3 Å². The van der Waals surface area contributed by atoms with E-state index in [0.29, 0.717) is 12.5 Å². The van der Waals surface area contributed by atoms with Gasteiger partial charge in [0.1, 0.15) is 12.4 Å². The number of ether oxygens (including phenoxy) is 1. The molecule has 5 heteroatoms. The van der Waals surface area contributed by atoms with Crippen molar-refractivity contribution in [2.24, 2.45) is 5.92 Å². The van der Waals surface area contributed by atoms with Crippen molar-refractivity contribution in [3.05, 3.63) is 69.5 Å². The Bertz CT molecular complexity index is 962. The summed E-state index contributed by atoms with van der Waals surface area (Å²) in [5.74, 6) is 1.46. The Morgan fingerprint density at radius 1 is 1.15 bits per heavy atom. The molecule has 0 spiro atoms. The van der Waals surface area contributed by atoms with E-state index in [-0.39, 0.29) is 6.61 Å². The summed E-state index contributed by atoms with van der Waals surface area (Å²) in [6.45, 7) is 7.27. The Labute approximate surface area is 209 Å². The van der Waals surface area contributed by atoms with Gasteiger partial charge in [-0.2, -0.15) is 0 Å². The van der Waals surface area contributed by atoms with E-state index in [4.69, 9.17) is 4.74 Å². The van der Waals surface area contributed by atoms with Crippen molar-refractivity contribution in [1.29, 1.82) is 0 Å². The first-order valence-corrected chi connectivity index (χ1v) is 13.5. The number of rotatable bonds is 15. The van der Waals surface area contributed by atoms with Crippen molar-refractivity contribution >= 4 is 23.3 Å². The molecule has 0 amide bonds. The summed E-state index contributed by atoms with van der Waals surface area (Å²) in [6.07, 6.45) is 14.4. The van der Waals surface area contributed by atoms with E-state index in [0.717, 1.165) is 74.9 Å². The molecule has 0 saturated heterocycles. The van der Waals surface area contributed by atoms with Crippen molar-refractivity contribution in [3.63, 3.8) is 0 Å². The quantitative estimate of drug-likeness (QED) is 0.229. The lowest BCUT2D eigenvalue weighted by Crippen LogP contribution is -2.26. The van der Waals surface area contributed by atoms with Gasteiger partial charge in [-0.3, -0.25) is 4.79 Å². The molecule has 0 aliphatic heterocycles. The van der Waals surface area contributed by atoms with Crippen LogP contribution in [-0.4, -0.2) is 37.7 Å². The fourth-order valence-electron chi connectivity index (χ4n) is 4.21. The van der Waals surface area contributed by atoms with Crippen LogP contribution < -0.4 is 9.64 Å². The molecular formula is C29H39NO3S. The van der Waals surface area contributed by atoms with Crippen molar-refractivity contribution < 1.29 is 14.6 Å². The van der Waals surface area contributed by atoms with Gasteiger partial charge in [-0.15, -0.1) is 11.3 Å². The molecule has 1 aromatic heterocycles.